The molecule has 1 nitrogen and oxygen atoms in total. The van der Waals surface area contributed by atoms with Crippen LogP contribution in [0.5, 0.6) is 0 Å². The van der Waals surface area contributed by atoms with Gasteiger partial charge in [-0.3, -0.25) is 0 Å². The van der Waals surface area contributed by atoms with Gasteiger partial charge in [-0.2, -0.15) is 11.8 Å². The number of thioether (sulfide) groups is 1. The average Bonchev–Trinajstić information content (AvgIpc) is 2.20. The van der Waals surface area contributed by atoms with Gasteiger partial charge < -0.3 is 5.32 Å². The second kappa shape index (κ2) is 6.33. The van der Waals surface area contributed by atoms with Crippen molar-refractivity contribution in [3.8, 4) is 0 Å². The quantitative estimate of drug-likeness (QED) is 0.653. The van der Waals surface area contributed by atoms with Crippen molar-refractivity contribution in [3.63, 3.8) is 0 Å². The van der Waals surface area contributed by atoms with Gasteiger partial charge in [0.15, 0.2) is 0 Å². The van der Waals surface area contributed by atoms with Gasteiger partial charge in [0.1, 0.15) is 11.6 Å². The summed E-state index contributed by atoms with van der Waals surface area (Å²) in [5.74, 6) is -0.112. The predicted octanol–water partition coefficient (Wildman–Crippen LogP) is 3.89. The zero-order valence-corrected chi connectivity index (χ0v) is 10.7. The summed E-state index contributed by atoms with van der Waals surface area (Å²) < 4.78 is 26.4. The number of hydrogen-bond acceptors (Lipinski definition) is 2. The molecule has 1 rings (SSSR count). The summed E-state index contributed by atoms with van der Waals surface area (Å²) in [4.78, 5) is 0. The van der Waals surface area contributed by atoms with Gasteiger partial charge in [0.2, 0.25) is 0 Å². The molecule has 0 aromatic heterocycles. The minimum Gasteiger partial charge on any atom is -0.383 e. The molecule has 0 fully saturated rings. The third-order valence-corrected chi connectivity index (χ3v) is 3.16. The fraction of sp³-hybridized carbons (Fsp3) is 0.400. The minimum atomic E-state index is -0.581. The van der Waals surface area contributed by atoms with Crippen molar-refractivity contribution >= 4 is 33.4 Å². The summed E-state index contributed by atoms with van der Waals surface area (Å²) in [6, 6.07) is 2.30. The van der Waals surface area contributed by atoms with Gasteiger partial charge in [0.25, 0.3) is 0 Å². The van der Waals surface area contributed by atoms with Crippen molar-refractivity contribution < 1.29 is 8.78 Å². The zero-order chi connectivity index (χ0) is 11.3. The predicted molar refractivity (Wildman–Crippen MR) is 65.5 cm³/mol. The molecule has 0 aliphatic heterocycles. The Hall–Kier alpha value is -0.290. The first-order valence-corrected chi connectivity index (χ1v) is 6.71. The van der Waals surface area contributed by atoms with Crippen LogP contribution in [0.25, 0.3) is 0 Å². The minimum absolute atomic E-state index is 0.274. The molecule has 84 valence electrons. The van der Waals surface area contributed by atoms with Gasteiger partial charge in [-0.15, -0.1) is 0 Å². The second-order valence-electron chi connectivity index (χ2n) is 3.02. The van der Waals surface area contributed by atoms with Crippen LogP contribution >= 0.6 is 27.7 Å². The summed E-state index contributed by atoms with van der Waals surface area (Å²) in [5, 5.41) is 2.93. The summed E-state index contributed by atoms with van der Waals surface area (Å²) in [6.07, 6.45) is 2.98. The maximum absolute atomic E-state index is 13.2. The van der Waals surface area contributed by atoms with E-state index < -0.39 is 11.6 Å². The molecular formula is C10H12BrF2NS. The molecule has 0 radical (unpaired) electrons. The number of nitrogens with one attached hydrogen (secondary N) is 1. The molecule has 1 aromatic rings. The van der Waals surface area contributed by atoms with Gasteiger partial charge >= 0.3 is 0 Å². The molecule has 0 aliphatic rings. The summed E-state index contributed by atoms with van der Waals surface area (Å²) in [7, 11) is 0. The van der Waals surface area contributed by atoms with Crippen LogP contribution in [0.1, 0.15) is 6.42 Å². The van der Waals surface area contributed by atoms with Crippen LogP contribution in [-0.4, -0.2) is 18.6 Å². The first-order chi connectivity index (χ1) is 7.15. The molecule has 0 bridgehead atoms. The maximum Gasteiger partial charge on any atom is 0.149 e. The molecule has 0 amide bonds. The van der Waals surface area contributed by atoms with E-state index in [1.165, 1.54) is 6.07 Å². The first kappa shape index (κ1) is 12.8. The Balaban J connectivity index is 2.57. The smallest absolute Gasteiger partial charge is 0.149 e. The lowest BCUT2D eigenvalue weighted by atomic mass is 10.3. The van der Waals surface area contributed by atoms with Crippen LogP contribution < -0.4 is 5.32 Å². The summed E-state index contributed by atoms with van der Waals surface area (Å²) >= 11 is 4.76. The molecule has 0 unspecified atom stereocenters. The summed E-state index contributed by atoms with van der Waals surface area (Å²) in [5.41, 5.74) is 0.337. The summed E-state index contributed by atoms with van der Waals surface area (Å²) in [6.45, 7) is 0.690. The van der Waals surface area contributed by atoms with E-state index in [1.807, 2.05) is 6.26 Å². The van der Waals surface area contributed by atoms with Crippen LogP contribution in [0.3, 0.4) is 0 Å². The maximum atomic E-state index is 13.2. The normalized spacial score (nSPS) is 10.4. The van der Waals surface area contributed by atoms with Crippen molar-refractivity contribution in [3.05, 3.63) is 28.2 Å². The van der Waals surface area contributed by atoms with Crippen LogP contribution in [0, 0.1) is 11.6 Å². The molecular weight excluding hydrogens is 284 g/mol. The highest BCUT2D eigenvalue weighted by Crippen LogP contribution is 2.23. The van der Waals surface area contributed by atoms with Crippen LogP contribution in [0.4, 0.5) is 14.5 Å². The Bertz CT molecular complexity index is 333. The fourth-order valence-corrected chi connectivity index (χ4v) is 1.87. The monoisotopic (exact) mass is 295 g/mol. The van der Waals surface area contributed by atoms with Gasteiger partial charge in [-0.1, -0.05) is 0 Å². The molecule has 0 heterocycles. The van der Waals surface area contributed by atoms with Crippen LogP contribution in [0.15, 0.2) is 16.6 Å². The standard InChI is InChI=1S/C10H12BrF2NS/c1-15-4-2-3-14-10-5-7(11)8(12)6-9(10)13/h5-6,14H,2-4H2,1H3. The Morgan fingerprint density at radius 2 is 2.07 bits per heavy atom. The number of benzene rings is 1. The number of hydrogen-bond donors (Lipinski definition) is 1. The molecule has 15 heavy (non-hydrogen) atoms. The molecule has 0 spiro atoms. The first-order valence-electron chi connectivity index (χ1n) is 4.52. The molecule has 5 heteroatoms. The zero-order valence-electron chi connectivity index (χ0n) is 8.32. The van der Waals surface area contributed by atoms with E-state index in [-0.39, 0.29) is 4.47 Å². The third-order valence-electron chi connectivity index (χ3n) is 1.85. The van der Waals surface area contributed by atoms with Crippen molar-refractivity contribution in [1.82, 2.24) is 0 Å². The van der Waals surface area contributed by atoms with Gasteiger partial charge in [-0.25, -0.2) is 8.78 Å². The lowest BCUT2D eigenvalue weighted by Crippen LogP contribution is -2.04. The van der Waals surface area contributed by atoms with Crippen molar-refractivity contribution in [2.75, 3.05) is 23.9 Å². The van der Waals surface area contributed by atoms with Gasteiger partial charge in [-0.05, 0) is 40.4 Å². The Morgan fingerprint density at radius 1 is 1.33 bits per heavy atom. The molecule has 0 aliphatic carbocycles. The highest BCUT2D eigenvalue weighted by molar-refractivity contribution is 9.10. The highest BCUT2D eigenvalue weighted by Gasteiger charge is 2.07. The van der Waals surface area contributed by atoms with Crippen molar-refractivity contribution in [2.45, 2.75) is 6.42 Å². The van der Waals surface area contributed by atoms with Crippen molar-refractivity contribution in [2.24, 2.45) is 0 Å². The van der Waals surface area contributed by atoms with E-state index in [4.69, 9.17) is 0 Å². The lowest BCUT2D eigenvalue weighted by molar-refractivity contribution is 0.580. The van der Waals surface area contributed by atoms with E-state index in [1.54, 1.807) is 11.8 Å². The topological polar surface area (TPSA) is 12.0 Å². The molecule has 1 aromatic carbocycles. The SMILES string of the molecule is CSCCCNc1cc(Br)c(F)cc1F. The molecule has 0 saturated carbocycles. The third kappa shape index (κ3) is 3.99. The Kier molecular flexibility index (Phi) is 5.39. The number of halogens is 3. The van der Waals surface area contributed by atoms with E-state index in [0.29, 0.717) is 12.2 Å². The average molecular weight is 296 g/mol. The number of anilines is 1. The second-order valence-corrected chi connectivity index (χ2v) is 4.86. The van der Waals surface area contributed by atoms with Crippen LogP contribution in [0.2, 0.25) is 0 Å². The van der Waals surface area contributed by atoms with E-state index >= 15 is 0 Å². The van der Waals surface area contributed by atoms with Crippen molar-refractivity contribution in [1.29, 1.82) is 0 Å². The van der Waals surface area contributed by atoms with E-state index in [2.05, 4.69) is 21.2 Å². The fourth-order valence-electron chi connectivity index (χ4n) is 1.10. The van der Waals surface area contributed by atoms with E-state index in [9.17, 15) is 8.78 Å². The molecule has 0 saturated heterocycles. The van der Waals surface area contributed by atoms with Gasteiger partial charge in [0, 0.05) is 12.6 Å². The highest BCUT2D eigenvalue weighted by atomic mass is 79.9. The largest absolute Gasteiger partial charge is 0.383 e. The Morgan fingerprint density at radius 3 is 2.73 bits per heavy atom. The molecule has 0 atom stereocenters. The molecule has 1 N–H and O–H groups in total. The lowest BCUT2D eigenvalue weighted by Gasteiger charge is -2.07. The number of rotatable bonds is 5. The Labute approximate surface area is 101 Å². The van der Waals surface area contributed by atoms with Crippen LogP contribution in [-0.2, 0) is 0 Å². The van der Waals surface area contributed by atoms with E-state index in [0.717, 1.165) is 18.2 Å². The van der Waals surface area contributed by atoms with Gasteiger partial charge in [0.05, 0.1) is 10.2 Å².